The minimum absolute atomic E-state index is 0.0148. The maximum atomic E-state index is 12.8. The van der Waals surface area contributed by atoms with Gasteiger partial charge in [-0.25, -0.2) is 4.39 Å². The molecule has 0 atom stereocenters. The smallest absolute Gasteiger partial charge is 0.330 e. The van der Waals surface area contributed by atoms with Crippen LogP contribution in [0.3, 0.4) is 0 Å². The Hall–Kier alpha value is -1.85. The van der Waals surface area contributed by atoms with E-state index in [4.69, 9.17) is 0 Å². The fourth-order valence-corrected chi connectivity index (χ4v) is 1.85. The van der Waals surface area contributed by atoms with E-state index in [1.807, 2.05) is 0 Å². The van der Waals surface area contributed by atoms with Gasteiger partial charge in [0.05, 0.1) is 0 Å². The van der Waals surface area contributed by atoms with Crippen molar-refractivity contribution >= 4 is 12.0 Å². The zero-order chi connectivity index (χ0) is 17.0. The van der Waals surface area contributed by atoms with Crippen molar-refractivity contribution in [3.63, 3.8) is 0 Å². The molecule has 0 aliphatic rings. The van der Waals surface area contributed by atoms with E-state index in [2.05, 4.69) is 0 Å². The summed E-state index contributed by atoms with van der Waals surface area (Å²) in [4.78, 5) is 12.8. The van der Waals surface area contributed by atoms with Crippen LogP contribution in [0.1, 0.15) is 26.3 Å². The minimum Gasteiger partial charge on any atom is -0.330 e. The van der Waals surface area contributed by atoms with Gasteiger partial charge in [0.15, 0.2) is 0 Å². The standard InChI is InChI=1S/C16H19F4NO/c1-15(2,3)10-21(11-16(18,19)20)14(22)9-6-12-4-7-13(17)8-5-12/h4-9H,10-11H2,1-3H3/b9-6+. The van der Waals surface area contributed by atoms with Gasteiger partial charge in [-0.3, -0.25) is 4.79 Å². The molecule has 0 spiro atoms. The van der Waals surface area contributed by atoms with Crippen LogP contribution in [-0.2, 0) is 4.79 Å². The monoisotopic (exact) mass is 317 g/mol. The first kappa shape index (κ1) is 18.2. The molecule has 1 amide bonds. The Morgan fingerprint density at radius 2 is 1.64 bits per heavy atom. The van der Waals surface area contributed by atoms with Gasteiger partial charge in [-0.15, -0.1) is 0 Å². The molecule has 0 N–H and O–H groups in total. The van der Waals surface area contributed by atoms with Gasteiger partial charge in [0.25, 0.3) is 0 Å². The predicted octanol–water partition coefficient (Wildman–Crippen LogP) is 4.28. The van der Waals surface area contributed by atoms with Gasteiger partial charge in [0.2, 0.25) is 5.91 Å². The SMILES string of the molecule is CC(C)(C)CN(CC(F)(F)F)C(=O)/C=C/c1ccc(F)cc1. The Morgan fingerprint density at radius 3 is 2.09 bits per heavy atom. The summed E-state index contributed by atoms with van der Waals surface area (Å²) in [5.74, 6) is -1.15. The Morgan fingerprint density at radius 1 is 1.09 bits per heavy atom. The summed E-state index contributed by atoms with van der Waals surface area (Å²) < 4.78 is 50.5. The summed E-state index contributed by atoms with van der Waals surface area (Å²) in [5.41, 5.74) is 0.0856. The van der Waals surface area contributed by atoms with Crippen LogP contribution in [0.25, 0.3) is 6.08 Å². The zero-order valence-electron chi connectivity index (χ0n) is 12.7. The number of amides is 1. The summed E-state index contributed by atoms with van der Waals surface area (Å²) in [5, 5.41) is 0. The summed E-state index contributed by atoms with van der Waals surface area (Å²) in [7, 11) is 0. The molecule has 0 heterocycles. The highest BCUT2D eigenvalue weighted by Gasteiger charge is 2.34. The van der Waals surface area contributed by atoms with Crippen LogP contribution in [0.2, 0.25) is 0 Å². The van der Waals surface area contributed by atoms with E-state index in [1.54, 1.807) is 20.8 Å². The molecule has 0 aromatic heterocycles. The quantitative estimate of drug-likeness (QED) is 0.600. The van der Waals surface area contributed by atoms with Crippen LogP contribution >= 0.6 is 0 Å². The molecule has 6 heteroatoms. The normalized spacial score (nSPS) is 12.7. The van der Waals surface area contributed by atoms with Gasteiger partial charge in [-0.05, 0) is 29.2 Å². The Labute approximate surface area is 127 Å². The zero-order valence-corrected chi connectivity index (χ0v) is 12.7. The van der Waals surface area contributed by atoms with E-state index in [0.29, 0.717) is 5.56 Å². The third kappa shape index (κ3) is 7.24. The van der Waals surface area contributed by atoms with Crippen molar-refractivity contribution in [2.24, 2.45) is 5.41 Å². The maximum Gasteiger partial charge on any atom is 0.406 e. The van der Waals surface area contributed by atoms with Crippen molar-refractivity contribution < 1.29 is 22.4 Å². The fourth-order valence-electron chi connectivity index (χ4n) is 1.85. The molecule has 0 aliphatic carbocycles. The second kappa shape index (κ2) is 6.94. The topological polar surface area (TPSA) is 20.3 Å². The summed E-state index contributed by atoms with van der Waals surface area (Å²) in [6.45, 7) is 3.96. The molecule has 0 fully saturated rings. The van der Waals surface area contributed by atoms with Crippen LogP contribution in [0.15, 0.2) is 30.3 Å². The Kier molecular flexibility index (Phi) is 5.74. The number of halogens is 4. The average Bonchev–Trinajstić information content (AvgIpc) is 2.33. The molecule has 0 saturated carbocycles. The lowest BCUT2D eigenvalue weighted by Gasteiger charge is -2.29. The van der Waals surface area contributed by atoms with Gasteiger partial charge in [-0.1, -0.05) is 32.9 Å². The molecule has 0 unspecified atom stereocenters. The molecule has 0 bridgehead atoms. The van der Waals surface area contributed by atoms with Gasteiger partial charge in [0, 0.05) is 12.6 Å². The fraction of sp³-hybridized carbons (Fsp3) is 0.438. The van der Waals surface area contributed by atoms with Crippen molar-refractivity contribution in [1.82, 2.24) is 4.90 Å². The minimum atomic E-state index is -4.45. The second-order valence-corrected chi connectivity index (χ2v) is 6.26. The maximum absolute atomic E-state index is 12.8. The number of nitrogens with zero attached hydrogens (tertiary/aromatic N) is 1. The van der Waals surface area contributed by atoms with Crippen molar-refractivity contribution in [3.8, 4) is 0 Å². The molecule has 1 aromatic rings. The van der Waals surface area contributed by atoms with Crippen molar-refractivity contribution in [2.75, 3.05) is 13.1 Å². The first-order valence-electron chi connectivity index (χ1n) is 6.76. The molecule has 0 saturated heterocycles. The second-order valence-electron chi connectivity index (χ2n) is 6.26. The number of benzene rings is 1. The third-order valence-corrected chi connectivity index (χ3v) is 2.64. The van der Waals surface area contributed by atoms with Gasteiger partial charge in [0.1, 0.15) is 12.4 Å². The van der Waals surface area contributed by atoms with E-state index in [9.17, 15) is 22.4 Å². The van der Waals surface area contributed by atoms with Crippen molar-refractivity contribution in [1.29, 1.82) is 0 Å². The van der Waals surface area contributed by atoms with Crippen molar-refractivity contribution in [2.45, 2.75) is 26.9 Å². The number of hydrogen-bond acceptors (Lipinski definition) is 1. The van der Waals surface area contributed by atoms with Crippen LogP contribution in [0.5, 0.6) is 0 Å². The molecule has 0 aliphatic heterocycles. The summed E-state index contributed by atoms with van der Waals surface area (Å²) >= 11 is 0. The molecular weight excluding hydrogens is 298 g/mol. The van der Waals surface area contributed by atoms with Gasteiger partial charge < -0.3 is 4.90 Å². The van der Waals surface area contributed by atoms with Crippen molar-refractivity contribution in [3.05, 3.63) is 41.7 Å². The number of carbonyl (C=O) groups is 1. The van der Waals surface area contributed by atoms with E-state index in [-0.39, 0.29) is 6.54 Å². The molecular formula is C16H19F4NO. The van der Waals surface area contributed by atoms with Crippen LogP contribution in [-0.4, -0.2) is 30.1 Å². The molecule has 0 radical (unpaired) electrons. The molecule has 122 valence electrons. The Balaban J connectivity index is 2.84. The third-order valence-electron chi connectivity index (χ3n) is 2.64. The number of carbonyl (C=O) groups excluding carboxylic acids is 1. The Bertz CT molecular complexity index is 511. The van der Waals surface area contributed by atoms with Crippen LogP contribution in [0.4, 0.5) is 17.6 Å². The summed E-state index contributed by atoms with van der Waals surface area (Å²) in [6, 6.07) is 5.31. The van der Waals surface area contributed by atoms with E-state index < -0.39 is 29.9 Å². The largest absolute Gasteiger partial charge is 0.406 e. The van der Waals surface area contributed by atoms with E-state index in [1.165, 1.54) is 30.3 Å². The van der Waals surface area contributed by atoms with Crippen LogP contribution < -0.4 is 0 Å². The molecule has 1 rings (SSSR count). The van der Waals surface area contributed by atoms with Gasteiger partial charge >= 0.3 is 6.18 Å². The predicted molar refractivity (Wildman–Crippen MR) is 77.5 cm³/mol. The first-order valence-corrected chi connectivity index (χ1v) is 6.76. The number of alkyl halides is 3. The number of hydrogen-bond donors (Lipinski definition) is 0. The lowest BCUT2D eigenvalue weighted by Crippen LogP contribution is -2.42. The lowest BCUT2D eigenvalue weighted by molar-refractivity contribution is -0.160. The highest BCUT2D eigenvalue weighted by atomic mass is 19.4. The molecule has 1 aromatic carbocycles. The van der Waals surface area contributed by atoms with E-state index in [0.717, 1.165) is 11.0 Å². The lowest BCUT2D eigenvalue weighted by atomic mass is 9.96. The first-order chi connectivity index (χ1) is 9.96. The molecule has 22 heavy (non-hydrogen) atoms. The highest BCUT2D eigenvalue weighted by molar-refractivity contribution is 5.91. The van der Waals surface area contributed by atoms with E-state index >= 15 is 0 Å². The molecule has 2 nitrogen and oxygen atoms in total. The summed E-state index contributed by atoms with van der Waals surface area (Å²) in [6.07, 6.45) is -2.01. The average molecular weight is 317 g/mol. The number of rotatable bonds is 4. The van der Waals surface area contributed by atoms with Gasteiger partial charge in [-0.2, -0.15) is 13.2 Å². The highest BCUT2D eigenvalue weighted by Crippen LogP contribution is 2.21. The van der Waals surface area contributed by atoms with Crippen LogP contribution in [0, 0.1) is 11.2 Å².